The van der Waals surface area contributed by atoms with Crippen LogP contribution in [-0.4, -0.2) is 39.5 Å². The van der Waals surface area contributed by atoms with Crippen molar-refractivity contribution in [3.8, 4) is 6.07 Å². The highest BCUT2D eigenvalue weighted by atomic mass is 19.4. The van der Waals surface area contributed by atoms with Crippen LogP contribution >= 0.6 is 0 Å². The van der Waals surface area contributed by atoms with Crippen molar-refractivity contribution in [2.24, 2.45) is 0 Å². The highest BCUT2D eigenvalue weighted by Gasteiger charge is 2.44. The van der Waals surface area contributed by atoms with Crippen molar-refractivity contribution in [1.82, 2.24) is 4.98 Å². The summed E-state index contributed by atoms with van der Waals surface area (Å²) in [6.45, 7) is 1.43. The molecule has 3 N–H and O–H groups in total. The van der Waals surface area contributed by atoms with Crippen LogP contribution in [0.1, 0.15) is 24.6 Å². The van der Waals surface area contributed by atoms with Gasteiger partial charge in [-0.2, -0.15) is 18.4 Å². The van der Waals surface area contributed by atoms with E-state index in [1.54, 1.807) is 12.2 Å². The van der Waals surface area contributed by atoms with Gasteiger partial charge in [0.2, 0.25) is 0 Å². The van der Waals surface area contributed by atoms with Gasteiger partial charge in [0.15, 0.2) is 5.69 Å². The molecule has 24 heavy (non-hydrogen) atoms. The Bertz CT molecular complexity index is 682. The number of amides is 1. The van der Waals surface area contributed by atoms with Crippen LogP contribution in [0.15, 0.2) is 12.3 Å². The number of esters is 1. The third-order valence-corrected chi connectivity index (χ3v) is 2.60. The third-order valence-electron chi connectivity index (χ3n) is 2.60. The van der Waals surface area contributed by atoms with Crippen LogP contribution < -0.4 is 5.32 Å². The van der Waals surface area contributed by atoms with E-state index >= 15 is 0 Å². The number of hydrogen-bond donors (Lipinski definition) is 3. The summed E-state index contributed by atoms with van der Waals surface area (Å²) in [5, 5.41) is 29.2. The van der Waals surface area contributed by atoms with Crippen LogP contribution in [0, 0.1) is 11.3 Å². The zero-order chi connectivity index (χ0) is 18.5. The van der Waals surface area contributed by atoms with Gasteiger partial charge in [-0.3, -0.25) is 4.79 Å². The van der Waals surface area contributed by atoms with Crippen molar-refractivity contribution >= 4 is 17.6 Å². The van der Waals surface area contributed by atoms with Crippen molar-refractivity contribution in [3.63, 3.8) is 0 Å². The second-order valence-corrected chi connectivity index (χ2v) is 4.49. The molecule has 1 amide bonds. The molecule has 0 saturated carbocycles. The van der Waals surface area contributed by atoms with Crippen molar-refractivity contribution < 1.29 is 37.7 Å². The van der Waals surface area contributed by atoms with Gasteiger partial charge >= 0.3 is 17.9 Å². The SMILES string of the molecule is CCCOC(=O)C(O)(O)C(=O)Nc1cnc(C#N)c(C(F)(F)F)c1. The first-order chi connectivity index (χ1) is 11.0. The summed E-state index contributed by atoms with van der Waals surface area (Å²) in [6, 6.07) is 1.61. The summed E-state index contributed by atoms with van der Waals surface area (Å²) < 4.78 is 42.7. The first kappa shape index (κ1) is 19.3. The number of ether oxygens (including phenoxy) is 1. The lowest BCUT2D eigenvalue weighted by Crippen LogP contribution is -2.50. The van der Waals surface area contributed by atoms with E-state index < -0.39 is 40.8 Å². The summed E-state index contributed by atoms with van der Waals surface area (Å²) in [5.74, 6) is -7.01. The van der Waals surface area contributed by atoms with Crippen LogP contribution in [-0.2, 0) is 20.5 Å². The number of nitrogens with one attached hydrogen (secondary N) is 1. The number of hydrogen-bond acceptors (Lipinski definition) is 7. The largest absolute Gasteiger partial charge is 0.461 e. The van der Waals surface area contributed by atoms with Crippen molar-refractivity contribution in [3.05, 3.63) is 23.5 Å². The molecule has 0 spiro atoms. The predicted molar refractivity (Wildman–Crippen MR) is 71.0 cm³/mol. The van der Waals surface area contributed by atoms with Gasteiger partial charge in [0.1, 0.15) is 6.07 Å². The van der Waals surface area contributed by atoms with E-state index in [4.69, 9.17) is 5.26 Å². The second kappa shape index (κ2) is 7.24. The first-order valence-electron chi connectivity index (χ1n) is 6.44. The standard InChI is InChI=1S/C13H12F3N3O5/c1-2-3-24-11(21)12(22,23)10(20)19-7-4-8(13(14,15)16)9(5-17)18-6-7/h4,6,22-23H,2-3H2,1H3,(H,19,20). The molecular weight excluding hydrogens is 335 g/mol. The predicted octanol–water partition coefficient (Wildman–Crippen LogP) is 0.545. The molecule has 0 aliphatic heterocycles. The molecule has 0 aliphatic rings. The van der Waals surface area contributed by atoms with Gasteiger partial charge < -0.3 is 20.3 Å². The molecular formula is C13H12F3N3O5. The first-order valence-corrected chi connectivity index (χ1v) is 6.44. The fraction of sp³-hybridized carbons (Fsp3) is 0.385. The fourth-order valence-electron chi connectivity index (χ4n) is 1.44. The second-order valence-electron chi connectivity index (χ2n) is 4.49. The Morgan fingerprint density at radius 2 is 2.04 bits per heavy atom. The van der Waals surface area contributed by atoms with Crippen molar-refractivity contribution in [1.29, 1.82) is 5.26 Å². The van der Waals surface area contributed by atoms with Gasteiger partial charge in [-0.05, 0) is 12.5 Å². The lowest BCUT2D eigenvalue weighted by molar-refractivity contribution is -0.207. The minimum atomic E-state index is -4.92. The zero-order valence-electron chi connectivity index (χ0n) is 12.2. The van der Waals surface area contributed by atoms with Crippen LogP contribution in [0.25, 0.3) is 0 Å². The molecule has 1 aromatic heterocycles. The normalized spacial score (nSPS) is 11.5. The molecule has 0 fully saturated rings. The topological polar surface area (TPSA) is 133 Å². The number of carbonyl (C=O) groups is 2. The van der Waals surface area contributed by atoms with Gasteiger partial charge in [-0.25, -0.2) is 9.78 Å². The Balaban J connectivity index is 3.03. The van der Waals surface area contributed by atoms with E-state index in [0.29, 0.717) is 18.7 Å². The molecule has 0 atom stereocenters. The van der Waals surface area contributed by atoms with Gasteiger partial charge in [0, 0.05) is 0 Å². The number of alkyl halides is 3. The summed E-state index contributed by atoms with van der Waals surface area (Å²) >= 11 is 0. The highest BCUT2D eigenvalue weighted by molar-refractivity contribution is 6.09. The fourth-order valence-corrected chi connectivity index (χ4v) is 1.44. The van der Waals surface area contributed by atoms with Crippen molar-refractivity contribution in [2.75, 3.05) is 11.9 Å². The van der Waals surface area contributed by atoms with Gasteiger partial charge in [-0.1, -0.05) is 6.92 Å². The molecule has 8 nitrogen and oxygen atoms in total. The maximum absolute atomic E-state index is 12.8. The molecule has 0 radical (unpaired) electrons. The van der Waals surface area contributed by atoms with E-state index in [1.807, 2.05) is 0 Å². The number of anilines is 1. The number of carbonyl (C=O) groups excluding carboxylic acids is 2. The van der Waals surface area contributed by atoms with Gasteiger partial charge in [0.05, 0.1) is 24.1 Å². The molecule has 0 aromatic carbocycles. The Hall–Kier alpha value is -2.71. The number of aliphatic hydroxyl groups is 2. The Labute approximate surface area is 133 Å². The molecule has 0 saturated heterocycles. The molecule has 130 valence electrons. The summed E-state index contributed by atoms with van der Waals surface area (Å²) in [7, 11) is 0. The Morgan fingerprint density at radius 1 is 1.42 bits per heavy atom. The van der Waals surface area contributed by atoms with E-state index in [-0.39, 0.29) is 6.61 Å². The number of rotatable bonds is 5. The minimum absolute atomic E-state index is 0.189. The van der Waals surface area contributed by atoms with Crippen molar-refractivity contribution in [2.45, 2.75) is 25.3 Å². The van der Waals surface area contributed by atoms with Crippen LogP contribution in [0.2, 0.25) is 0 Å². The van der Waals surface area contributed by atoms with Gasteiger partial charge in [0.25, 0.3) is 5.91 Å². The minimum Gasteiger partial charge on any atom is -0.461 e. The number of aromatic nitrogens is 1. The quantitative estimate of drug-likeness (QED) is 0.402. The average Bonchev–Trinajstić information content (AvgIpc) is 2.51. The maximum atomic E-state index is 12.8. The van der Waals surface area contributed by atoms with Gasteiger partial charge in [-0.15, -0.1) is 0 Å². The summed E-state index contributed by atoms with van der Waals surface area (Å²) in [4.78, 5) is 26.2. The average molecular weight is 347 g/mol. The van der Waals surface area contributed by atoms with Crippen LogP contribution in [0.5, 0.6) is 0 Å². The summed E-state index contributed by atoms with van der Waals surface area (Å²) in [6.07, 6.45) is -3.88. The number of nitrogens with zero attached hydrogens (tertiary/aromatic N) is 2. The number of halogens is 3. The third kappa shape index (κ3) is 4.40. The lowest BCUT2D eigenvalue weighted by Gasteiger charge is -2.19. The van der Waals surface area contributed by atoms with Crippen LogP contribution in [0.4, 0.5) is 18.9 Å². The Morgan fingerprint density at radius 3 is 2.54 bits per heavy atom. The monoisotopic (exact) mass is 347 g/mol. The smallest absolute Gasteiger partial charge is 0.419 e. The van der Waals surface area contributed by atoms with E-state index in [0.717, 1.165) is 0 Å². The molecule has 0 aliphatic carbocycles. The number of nitriles is 1. The maximum Gasteiger partial charge on any atom is 0.419 e. The lowest BCUT2D eigenvalue weighted by atomic mass is 10.1. The molecule has 0 bridgehead atoms. The molecule has 11 heteroatoms. The number of pyridine rings is 1. The zero-order valence-corrected chi connectivity index (χ0v) is 12.2. The highest BCUT2D eigenvalue weighted by Crippen LogP contribution is 2.32. The summed E-state index contributed by atoms with van der Waals surface area (Å²) in [5.41, 5.74) is -2.96. The molecule has 1 aromatic rings. The Kier molecular flexibility index (Phi) is 5.83. The molecule has 1 heterocycles. The van der Waals surface area contributed by atoms with E-state index in [2.05, 4.69) is 9.72 Å². The van der Waals surface area contributed by atoms with E-state index in [1.165, 1.54) is 6.07 Å². The molecule has 0 unspecified atom stereocenters. The van der Waals surface area contributed by atoms with Crippen LogP contribution in [0.3, 0.4) is 0 Å². The van der Waals surface area contributed by atoms with E-state index in [9.17, 15) is 33.0 Å². The molecule has 1 rings (SSSR count).